The molecule has 0 amide bonds. The van der Waals surface area contributed by atoms with Gasteiger partial charge in [0.15, 0.2) is 5.82 Å². The summed E-state index contributed by atoms with van der Waals surface area (Å²) in [6, 6.07) is 11.0. The van der Waals surface area contributed by atoms with Gasteiger partial charge in [-0.1, -0.05) is 35.3 Å². The Morgan fingerprint density at radius 2 is 1.92 bits per heavy atom. The molecule has 0 bridgehead atoms. The maximum atomic E-state index is 12.4. The molecule has 26 heavy (non-hydrogen) atoms. The quantitative estimate of drug-likeness (QED) is 0.745. The molecule has 0 radical (unpaired) electrons. The number of nitrogens with one attached hydrogen (secondary N) is 1. The van der Waals surface area contributed by atoms with Crippen molar-refractivity contribution in [2.24, 2.45) is 0 Å². The van der Waals surface area contributed by atoms with Gasteiger partial charge in [0.1, 0.15) is 5.69 Å². The standard InChI is InChI=1S/C19H16Cl2N4O/c20-14-4-3-5-15(21)13(14)10-25-9-7-12-17(11-25)23-18(24-19(12)26)16-6-1-2-8-22-16/h1-6,8H,7,9-11H2,(H,23,24,26). The third kappa shape index (κ3) is 3.38. The van der Waals surface area contributed by atoms with Crippen LogP contribution in [-0.2, 0) is 19.5 Å². The SMILES string of the molecule is O=c1[nH]c(-c2ccccn2)nc2c1CCN(Cc1c(Cl)cccc1Cl)C2. The van der Waals surface area contributed by atoms with Crippen molar-refractivity contribution < 1.29 is 0 Å². The van der Waals surface area contributed by atoms with Gasteiger partial charge in [0.05, 0.1) is 5.69 Å². The van der Waals surface area contributed by atoms with Crippen LogP contribution in [0.3, 0.4) is 0 Å². The number of halogens is 2. The van der Waals surface area contributed by atoms with Crippen molar-refractivity contribution in [2.45, 2.75) is 19.5 Å². The van der Waals surface area contributed by atoms with Crippen molar-refractivity contribution in [3.63, 3.8) is 0 Å². The molecule has 132 valence electrons. The molecular weight excluding hydrogens is 371 g/mol. The second-order valence-corrected chi connectivity index (χ2v) is 7.03. The molecule has 0 fully saturated rings. The predicted molar refractivity (Wildman–Crippen MR) is 102 cm³/mol. The molecule has 0 unspecified atom stereocenters. The second kappa shape index (κ2) is 7.19. The highest BCUT2D eigenvalue weighted by Gasteiger charge is 2.22. The van der Waals surface area contributed by atoms with Crippen LogP contribution in [0.15, 0.2) is 47.4 Å². The fourth-order valence-electron chi connectivity index (χ4n) is 3.16. The van der Waals surface area contributed by atoms with Gasteiger partial charge in [-0.2, -0.15) is 0 Å². The van der Waals surface area contributed by atoms with Crippen molar-refractivity contribution in [2.75, 3.05) is 6.54 Å². The van der Waals surface area contributed by atoms with Gasteiger partial charge in [-0.25, -0.2) is 4.98 Å². The summed E-state index contributed by atoms with van der Waals surface area (Å²) in [5, 5.41) is 1.30. The number of aromatic amines is 1. The van der Waals surface area contributed by atoms with Gasteiger partial charge in [-0.05, 0) is 30.7 Å². The Kier molecular flexibility index (Phi) is 4.76. The molecule has 1 N–H and O–H groups in total. The summed E-state index contributed by atoms with van der Waals surface area (Å²) < 4.78 is 0. The Balaban J connectivity index is 1.64. The fourth-order valence-corrected chi connectivity index (χ4v) is 3.68. The van der Waals surface area contributed by atoms with Gasteiger partial charge in [0.2, 0.25) is 0 Å². The van der Waals surface area contributed by atoms with Crippen LogP contribution in [0, 0.1) is 0 Å². The average molecular weight is 387 g/mol. The van der Waals surface area contributed by atoms with Crippen LogP contribution in [0.5, 0.6) is 0 Å². The lowest BCUT2D eigenvalue weighted by atomic mass is 10.1. The number of fused-ring (bicyclic) bond motifs is 1. The first-order valence-electron chi connectivity index (χ1n) is 8.30. The van der Waals surface area contributed by atoms with Gasteiger partial charge < -0.3 is 4.98 Å². The summed E-state index contributed by atoms with van der Waals surface area (Å²) in [5.74, 6) is 0.493. The Morgan fingerprint density at radius 1 is 1.12 bits per heavy atom. The lowest BCUT2D eigenvalue weighted by Gasteiger charge is -2.28. The molecular formula is C19H16Cl2N4O. The normalized spacial score (nSPS) is 14.2. The number of benzene rings is 1. The molecule has 0 atom stereocenters. The number of hydrogen-bond donors (Lipinski definition) is 1. The second-order valence-electron chi connectivity index (χ2n) is 6.22. The predicted octanol–water partition coefficient (Wildman–Crippen LogP) is 3.70. The van der Waals surface area contributed by atoms with Crippen LogP contribution < -0.4 is 5.56 Å². The zero-order valence-electron chi connectivity index (χ0n) is 13.9. The van der Waals surface area contributed by atoms with E-state index in [1.807, 2.05) is 36.4 Å². The van der Waals surface area contributed by atoms with Gasteiger partial charge in [-0.3, -0.25) is 14.7 Å². The van der Waals surface area contributed by atoms with E-state index >= 15 is 0 Å². The number of H-pyrrole nitrogens is 1. The van der Waals surface area contributed by atoms with Crippen LogP contribution >= 0.6 is 23.2 Å². The first-order valence-corrected chi connectivity index (χ1v) is 9.06. The van der Waals surface area contributed by atoms with E-state index in [1.54, 1.807) is 6.20 Å². The molecule has 3 aromatic rings. The fraction of sp³-hybridized carbons (Fsp3) is 0.211. The van der Waals surface area contributed by atoms with E-state index in [4.69, 9.17) is 23.2 Å². The van der Waals surface area contributed by atoms with Gasteiger partial charge >= 0.3 is 0 Å². The Labute approximate surface area is 160 Å². The minimum Gasteiger partial charge on any atom is -0.305 e. The zero-order valence-corrected chi connectivity index (χ0v) is 15.4. The van der Waals surface area contributed by atoms with Crippen LogP contribution in [-0.4, -0.2) is 26.4 Å². The summed E-state index contributed by atoms with van der Waals surface area (Å²) in [4.78, 5) is 26.4. The van der Waals surface area contributed by atoms with Crippen molar-refractivity contribution in [1.29, 1.82) is 0 Å². The molecule has 1 aliphatic heterocycles. The molecule has 0 saturated heterocycles. The molecule has 0 saturated carbocycles. The van der Waals surface area contributed by atoms with E-state index in [1.165, 1.54) is 0 Å². The average Bonchev–Trinajstić information content (AvgIpc) is 2.65. The Morgan fingerprint density at radius 3 is 2.65 bits per heavy atom. The van der Waals surface area contributed by atoms with Gasteiger partial charge in [0.25, 0.3) is 5.56 Å². The first kappa shape index (κ1) is 17.2. The highest BCUT2D eigenvalue weighted by Crippen LogP contribution is 2.27. The molecule has 1 aliphatic rings. The van der Waals surface area contributed by atoms with E-state index < -0.39 is 0 Å². The molecule has 3 heterocycles. The maximum absolute atomic E-state index is 12.4. The number of rotatable bonds is 3. The third-order valence-corrected chi connectivity index (χ3v) is 5.21. The highest BCUT2D eigenvalue weighted by atomic mass is 35.5. The molecule has 5 nitrogen and oxygen atoms in total. The van der Waals surface area contributed by atoms with E-state index in [9.17, 15) is 4.79 Å². The third-order valence-electron chi connectivity index (χ3n) is 4.50. The first-order chi connectivity index (χ1) is 12.6. The lowest BCUT2D eigenvalue weighted by Crippen LogP contribution is -2.35. The summed E-state index contributed by atoms with van der Waals surface area (Å²) in [6.45, 7) is 1.94. The number of hydrogen-bond acceptors (Lipinski definition) is 4. The number of pyridine rings is 1. The topological polar surface area (TPSA) is 61.9 Å². The van der Waals surface area contributed by atoms with Crippen LogP contribution in [0.1, 0.15) is 16.8 Å². The van der Waals surface area contributed by atoms with Crippen molar-refractivity contribution >= 4 is 23.2 Å². The van der Waals surface area contributed by atoms with Gasteiger partial charge in [-0.15, -0.1) is 0 Å². The molecule has 7 heteroatoms. The monoisotopic (exact) mass is 386 g/mol. The molecule has 1 aromatic carbocycles. The largest absolute Gasteiger partial charge is 0.305 e. The summed E-state index contributed by atoms with van der Waals surface area (Å²) in [5.41, 5.74) is 2.98. The molecule has 4 rings (SSSR count). The van der Waals surface area contributed by atoms with Crippen LogP contribution in [0.25, 0.3) is 11.5 Å². The maximum Gasteiger partial charge on any atom is 0.254 e. The summed E-state index contributed by atoms with van der Waals surface area (Å²) in [7, 11) is 0. The Bertz CT molecular complexity index is 984. The number of nitrogens with zero attached hydrogens (tertiary/aromatic N) is 3. The van der Waals surface area contributed by atoms with Crippen molar-refractivity contribution in [1.82, 2.24) is 19.9 Å². The van der Waals surface area contributed by atoms with Crippen LogP contribution in [0.2, 0.25) is 10.0 Å². The molecule has 0 aliphatic carbocycles. The smallest absolute Gasteiger partial charge is 0.254 e. The van der Waals surface area contributed by atoms with Crippen LogP contribution in [0.4, 0.5) is 0 Å². The van der Waals surface area contributed by atoms with E-state index in [0.717, 1.165) is 23.4 Å². The minimum absolute atomic E-state index is 0.0916. The zero-order chi connectivity index (χ0) is 18.1. The number of aromatic nitrogens is 3. The minimum atomic E-state index is -0.0916. The van der Waals surface area contributed by atoms with E-state index in [2.05, 4.69) is 19.9 Å². The van der Waals surface area contributed by atoms with E-state index in [-0.39, 0.29) is 5.56 Å². The summed E-state index contributed by atoms with van der Waals surface area (Å²) in [6.07, 6.45) is 2.32. The lowest BCUT2D eigenvalue weighted by molar-refractivity contribution is 0.240. The van der Waals surface area contributed by atoms with Crippen molar-refractivity contribution in [3.8, 4) is 11.5 Å². The van der Waals surface area contributed by atoms with E-state index in [0.29, 0.717) is 41.1 Å². The summed E-state index contributed by atoms with van der Waals surface area (Å²) >= 11 is 12.6. The van der Waals surface area contributed by atoms with Gasteiger partial charge in [0, 0.05) is 47.0 Å². The Hall–Kier alpha value is -2.21. The molecule has 2 aromatic heterocycles. The highest BCUT2D eigenvalue weighted by molar-refractivity contribution is 6.35. The van der Waals surface area contributed by atoms with Crippen molar-refractivity contribution in [3.05, 3.63) is 79.8 Å². The molecule has 0 spiro atoms.